The van der Waals surface area contributed by atoms with Crippen molar-refractivity contribution in [3.05, 3.63) is 62.6 Å². The normalized spacial score (nSPS) is 20.9. The van der Waals surface area contributed by atoms with Gasteiger partial charge in [-0.15, -0.1) is 0 Å². The van der Waals surface area contributed by atoms with Crippen LogP contribution in [0.5, 0.6) is 5.75 Å². The smallest absolute Gasteiger partial charge is 0.170 e. The summed E-state index contributed by atoms with van der Waals surface area (Å²) in [6.07, 6.45) is 0.283. The van der Waals surface area contributed by atoms with Gasteiger partial charge in [-0.25, -0.2) is 0 Å². The van der Waals surface area contributed by atoms with Gasteiger partial charge in [-0.3, -0.25) is 4.79 Å². The summed E-state index contributed by atoms with van der Waals surface area (Å²) in [6.45, 7) is 3.87. The van der Waals surface area contributed by atoms with Crippen LogP contribution >= 0.6 is 27.5 Å². The van der Waals surface area contributed by atoms with E-state index < -0.39 is 5.60 Å². The molecule has 0 N–H and O–H groups in total. The quantitative estimate of drug-likeness (QED) is 0.686. The Kier molecular flexibility index (Phi) is 3.58. The molecule has 0 saturated carbocycles. The molecule has 3 rings (SSSR count). The average molecular weight is 366 g/mol. The highest BCUT2D eigenvalue weighted by molar-refractivity contribution is 9.10. The number of hydrogen-bond donors (Lipinski definition) is 0. The van der Waals surface area contributed by atoms with Crippen LogP contribution in [0.15, 0.2) is 40.9 Å². The Morgan fingerprint density at radius 2 is 2.00 bits per heavy atom. The Labute approximate surface area is 137 Å². The molecular weight excluding hydrogens is 352 g/mol. The molecule has 0 amide bonds. The summed E-state index contributed by atoms with van der Waals surface area (Å²) in [5.74, 6) is 0.708. The fourth-order valence-electron chi connectivity index (χ4n) is 2.70. The molecule has 0 saturated heterocycles. The van der Waals surface area contributed by atoms with E-state index in [-0.39, 0.29) is 12.2 Å². The maximum absolute atomic E-state index is 12.5. The van der Waals surface area contributed by atoms with Gasteiger partial charge >= 0.3 is 0 Å². The van der Waals surface area contributed by atoms with E-state index >= 15 is 0 Å². The molecule has 1 aliphatic rings. The maximum atomic E-state index is 12.5. The second kappa shape index (κ2) is 5.15. The Balaban J connectivity index is 2.08. The Morgan fingerprint density at radius 3 is 2.71 bits per heavy atom. The minimum absolute atomic E-state index is 0.0847. The number of Topliss-reactive ketones (excluding diaryl/α,β-unsaturated/α-hetero) is 1. The van der Waals surface area contributed by atoms with Gasteiger partial charge < -0.3 is 4.74 Å². The summed E-state index contributed by atoms with van der Waals surface area (Å²) >= 11 is 9.72. The van der Waals surface area contributed by atoms with Crippen molar-refractivity contribution in [1.29, 1.82) is 0 Å². The highest BCUT2D eigenvalue weighted by Gasteiger charge is 2.39. The summed E-state index contributed by atoms with van der Waals surface area (Å²) in [7, 11) is 0. The molecule has 108 valence electrons. The first kappa shape index (κ1) is 14.6. The lowest BCUT2D eigenvalue weighted by Gasteiger charge is -2.36. The first-order valence-electron chi connectivity index (χ1n) is 6.67. The maximum Gasteiger partial charge on any atom is 0.170 e. The SMILES string of the molecule is Cc1ccc2c(c1)C(=O)CC(C)(c1ccc(Br)cc1Cl)O2. The van der Waals surface area contributed by atoms with Crippen molar-refractivity contribution in [3.8, 4) is 5.75 Å². The molecule has 1 unspecified atom stereocenters. The summed E-state index contributed by atoms with van der Waals surface area (Å²) in [6, 6.07) is 11.3. The van der Waals surface area contributed by atoms with Crippen molar-refractivity contribution in [2.75, 3.05) is 0 Å². The van der Waals surface area contributed by atoms with E-state index in [0.29, 0.717) is 16.3 Å². The topological polar surface area (TPSA) is 26.3 Å². The average Bonchev–Trinajstić information content (AvgIpc) is 2.39. The van der Waals surface area contributed by atoms with Crippen molar-refractivity contribution in [2.45, 2.75) is 25.9 Å². The molecule has 21 heavy (non-hydrogen) atoms. The number of carbonyl (C=O) groups excluding carboxylic acids is 1. The summed E-state index contributed by atoms with van der Waals surface area (Å²) in [4.78, 5) is 12.5. The second-order valence-electron chi connectivity index (χ2n) is 5.56. The predicted molar refractivity (Wildman–Crippen MR) is 87.3 cm³/mol. The first-order valence-corrected chi connectivity index (χ1v) is 7.84. The van der Waals surface area contributed by atoms with Gasteiger partial charge in [-0.2, -0.15) is 0 Å². The van der Waals surface area contributed by atoms with Crippen LogP contribution < -0.4 is 4.74 Å². The van der Waals surface area contributed by atoms with Crippen LogP contribution in [0.1, 0.15) is 34.8 Å². The molecule has 0 radical (unpaired) electrons. The van der Waals surface area contributed by atoms with Crippen LogP contribution in [0.2, 0.25) is 5.02 Å². The number of fused-ring (bicyclic) bond motifs is 1. The molecule has 2 aromatic carbocycles. The van der Waals surface area contributed by atoms with E-state index in [0.717, 1.165) is 15.6 Å². The zero-order valence-electron chi connectivity index (χ0n) is 11.7. The van der Waals surface area contributed by atoms with Crippen molar-refractivity contribution in [1.82, 2.24) is 0 Å². The van der Waals surface area contributed by atoms with E-state index in [4.69, 9.17) is 16.3 Å². The summed E-state index contributed by atoms with van der Waals surface area (Å²) < 4.78 is 7.03. The summed E-state index contributed by atoms with van der Waals surface area (Å²) in [5.41, 5.74) is 1.79. The fourth-order valence-corrected chi connectivity index (χ4v) is 3.57. The molecular formula is C17H14BrClO2. The van der Waals surface area contributed by atoms with Gasteiger partial charge in [-0.1, -0.05) is 45.2 Å². The highest BCUT2D eigenvalue weighted by atomic mass is 79.9. The lowest BCUT2D eigenvalue weighted by molar-refractivity contribution is 0.0504. The Morgan fingerprint density at radius 1 is 1.24 bits per heavy atom. The van der Waals surface area contributed by atoms with Gasteiger partial charge in [0.2, 0.25) is 0 Å². The van der Waals surface area contributed by atoms with Gasteiger partial charge in [0.05, 0.1) is 12.0 Å². The van der Waals surface area contributed by atoms with Crippen molar-refractivity contribution in [3.63, 3.8) is 0 Å². The van der Waals surface area contributed by atoms with Gasteiger partial charge in [0.1, 0.15) is 11.4 Å². The third-order valence-electron chi connectivity index (χ3n) is 3.77. The minimum Gasteiger partial charge on any atom is -0.482 e. The molecule has 0 bridgehead atoms. The van der Waals surface area contributed by atoms with Gasteiger partial charge in [0.15, 0.2) is 5.78 Å². The van der Waals surface area contributed by atoms with Gasteiger partial charge in [-0.05, 0) is 38.1 Å². The van der Waals surface area contributed by atoms with Crippen LogP contribution in [-0.4, -0.2) is 5.78 Å². The van der Waals surface area contributed by atoms with Crippen molar-refractivity contribution >= 4 is 33.3 Å². The molecule has 1 atom stereocenters. The number of rotatable bonds is 1. The minimum atomic E-state index is -0.739. The largest absolute Gasteiger partial charge is 0.482 e. The molecule has 1 heterocycles. The molecule has 1 aliphatic heterocycles. The zero-order valence-corrected chi connectivity index (χ0v) is 14.1. The Hall–Kier alpha value is -1.32. The van der Waals surface area contributed by atoms with E-state index in [1.54, 1.807) is 0 Å². The lowest BCUT2D eigenvalue weighted by Crippen LogP contribution is -2.36. The highest BCUT2D eigenvalue weighted by Crippen LogP contribution is 2.42. The van der Waals surface area contributed by atoms with E-state index in [1.807, 2.05) is 50.2 Å². The molecule has 0 aromatic heterocycles. The van der Waals surface area contributed by atoms with Crippen molar-refractivity contribution in [2.24, 2.45) is 0 Å². The zero-order chi connectivity index (χ0) is 15.2. The molecule has 0 spiro atoms. The Bertz CT molecular complexity index is 742. The monoisotopic (exact) mass is 364 g/mol. The van der Waals surface area contributed by atoms with Crippen LogP contribution in [0.3, 0.4) is 0 Å². The third-order valence-corrected chi connectivity index (χ3v) is 4.58. The molecule has 0 fully saturated rings. The first-order chi connectivity index (χ1) is 9.89. The number of aryl methyl sites for hydroxylation is 1. The molecule has 4 heteroatoms. The number of ketones is 1. The molecule has 0 aliphatic carbocycles. The number of halogens is 2. The van der Waals surface area contributed by atoms with Crippen LogP contribution in [0.4, 0.5) is 0 Å². The van der Waals surface area contributed by atoms with E-state index in [2.05, 4.69) is 15.9 Å². The second-order valence-corrected chi connectivity index (χ2v) is 6.88. The number of benzene rings is 2. The van der Waals surface area contributed by atoms with Crippen LogP contribution in [0, 0.1) is 6.92 Å². The molecule has 2 nitrogen and oxygen atoms in total. The lowest BCUT2D eigenvalue weighted by atomic mass is 9.85. The van der Waals surface area contributed by atoms with Gasteiger partial charge in [0, 0.05) is 15.1 Å². The van der Waals surface area contributed by atoms with Crippen LogP contribution in [0.25, 0.3) is 0 Å². The number of ether oxygens (including phenoxy) is 1. The van der Waals surface area contributed by atoms with E-state index in [1.165, 1.54) is 0 Å². The van der Waals surface area contributed by atoms with Gasteiger partial charge in [0.25, 0.3) is 0 Å². The van der Waals surface area contributed by atoms with E-state index in [9.17, 15) is 4.79 Å². The fraction of sp³-hybridized carbons (Fsp3) is 0.235. The standard InChI is InChI=1S/C17H14BrClO2/c1-10-3-6-16-12(7-10)15(20)9-17(2,21-16)13-5-4-11(18)8-14(13)19/h3-8H,9H2,1-2H3. The number of carbonyl (C=O) groups is 1. The summed E-state index contributed by atoms with van der Waals surface area (Å²) in [5, 5.41) is 0.593. The third kappa shape index (κ3) is 2.60. The van der Waals surface area contributed by atoms with Crippen molar-refractivity contribution < 1.29 is 9.53 Å². The predicted octanol–water partition coefficient (Wildman–Crippen LogP) is 5.29. The molecule has 2 aromatic rings. The number of hydrogen-bond acceptors (Lipinski definition) is 2. The van der Waals surface area contributed by atoms with Crippen LogP contribution in [-0.2, 0) is 5.60 Å².